The van der Waals surface area contributed by atoms with Crippen LogP contribution < -0.4 is 10.6 Å². The number of carbonyl (C=O) groups excluding carboxylic acids is 1. The van der Waals surface area contributed by atoms with Crippen LogP contribution in [0.5, 0.6) is 0 Å². The van der Waals surface area contributed by atoms with E-state index in [-0.39, 0.29) is 11.0 Å². The van der Waals surface area contributed by atoms with Crippen LogP contribution in [0.15, 0.2) is 103 Å². The Labute approximate surface area is 217 Å². The number of amides is 1. The fourth-order valence-corrected chi connectivity index (χ4v) is 5.44. The van der Waals surface area contributed by atoms with Crippen molar-refractivity contribution in [3.8, 4) is 10.6 Å². The normalized spacial score (nSPS) is 10.9. The summed E-state index contributed by atoms with van der Waals surface area (Å²) in [5.74, 6) is -0.695. The Hall–Kier alpha value is -3.58. The van der Waals surface area contributed by atoms with Gasteiger partial charge in [-0.2, -0.15) is 0 Å². The van der Waals surface area contributed by atoms with Gasteiger partial charge in [0.15, 0.2) is 5.11 Å². The molecule has 0 bridgehead atoms. The van der Waals surface area contributed by atoms with Gasteiger partial charge < -0.3 is 10.6 Å². The van der Waals surface area contributed by atoms with Crippen molar-refractivity contribution in [2.45, 2.75) is 5.92 Å². The predicted octanol–water partition coefficient (Wildman–Crippen LogP) is 7.26. The van der Waals surface area contributed by atoms with E-state index in [1.807, 2.05) is 97.1 Å². The molecule has 0 aliphatic heterocycles. The fourth-order valence-electron chi connectivity index (χ4n) is 3.89. The summed E-state index contributed by atoms with van der Waals surface area (Å²) < 4.78 is 1.11. The monoisotopic (exact) mass is 513 g/mol. The van der Waals surface area contributed by atoms with Crippen LogP contribution >= 0.6 is 35.2 Å². The predicted molar refractivity (Wildman–Crippen MR) is 149 cm³/mol. The molecule has 0 radical (unpaired) electrons. The summed E-state index contributed by atoms with van der Waals surface area (Å²) in [4.78, 5) is 17.9. The average molecular weight is 514 g/mol. The molecule has 172 valence electrons. The van der Waals surface area contributed by atoms with E-state index in [0.29, 0.717) is 10.7 Å². The van der Waals surface area contributed by atoms with Gasteiger partial charge in [0.1, 0.15) is 5.01 Å². The average Bonchev–Trinajstić information content (AvgIpc) is 3.29. The second-order valence-electron chi connectivity index (χ2n) is 7.88. The summed E-state index contributed by atoms with van der Waals surface area (Å²) in [6.45, 7) is 0. The summed E-state index contributed by atoms with van der Waals surface area (Å²) >= 11 is 13.6. The van der Waals surface area contributed by atoms with Gasteiger partial charge in [-0.1, -0.05) is 84.4 Å². The minimum Gasteiger partial charge on any atom is -0.332 e. The third-order valence-electron chi connectivity index (χ3n) is 5.52. The highest BCUT2D eigenvalue weighted by Crippen LogP contribution is 2.35. The van der Waals surface area contributed by atoms with Crippen LogP contribution in [0.1, 0.15) is 17.0 Å². The number of benzene rings is 4. The van der Waals surface area contributed by atoms with Crippen LogP contribution in [-0.4, -0.2) is 16.0 Å². The molecule has 35 heavy (non-hydrogen) atoms. The van der Waals surface area contributed by atoms with Gasteiger partial charge in [0.25, 0.3) is 0 Å². The van der Waals surface area contributed by atoms with E-state index in [1.165, 1.54) is 0 Å². The molecule has 0 atom stereocenters. The molecule has 2 N–H and O–H groups in total. The maximum Gasteiger partial charge on any atom is 0.238 e. The quantitative estimate of drug-likeness (QED) is 0.243. The standard InChI is InChI=1S/C28H20ClN3OS2/c29-22-17-20(15-16-21(22)27-31-23-13-7-8-14-24(23)35-27)30-28(34)32-26(33)25(18-9-3-1-4-10-18)19-11-5-2-6-12-19/h1-17,25H,(H2,30,32,33,34). The highest BCUT2D eigenvalue weighted by molar-refractivity contribution is 7.80. The van der Waals surface area contributed by atoms with Crippen LogP contribution in [0.25, 0.3) is 20.8 Å². The van der Waals surface area contributed by atoms with Crippen molar-refractivity contribution >= 4 is 62.1 Å². The molecule has 4 nitrogen and oxygen atoms in total. The number of carbonyl (C=O) groups is 1. The number of thiazole rings is 1. The molecular weight excluding hydrogens is 494 g/mol. The molecule has 0 fully saturated rings. The number of anilines is 1. The van der Waals surface area contributed by atoms with Gasteiger partial charge in [0.05, 0.1) is 21.2 Å². The lowest BCUT2D eigenvalue weighted by molar-refractivity contribution is -0.120. The SMILES string of the molecule is O=C(NC(=S)Nc1ccc(-c2nc3ccccc3s2)c(Cl)c1)C(c1ccccc1)c1ccccc1. The Kier molecular flexibility index (Phi) is 6.86. The minimum absolute atomic E-state index is 0.204. The van der Waals surface area contributed by atoms with Crippen LogP contribution in [0.3, 0.4) is 0 Å². The van der Waals surface area contributed by atoms with Crippen LogP contribution in [0, 0.1) is 0 Å². The molecule has 5 rings (SSSR count). The van der Waals surface area contributed by atoms with Gasteiger partial charge in [-0.3, -0.25) is 4.79 Å². The number of nitrogens with zero attached hydrogens (tertiary/aromatic N) is 1. The van der Waals surface area contributed by atoms with Crippen molar-refractivity contribution in [3.63, 3.8) is 0 Å². The first-order chi connectivity index (χ1) is 17.1. The molecule has 7 heteroatoms. The van der Waals surface area contributed by atoms with E-state index in [4.69, 9.17) is 23.8 Å². The van der Waals surface area contributed by atoms with Crippen molar-refractivity contribution < 1.29 is 4.79 Å². The lowest BCUT2D eigenvalue weighted by Gasteiger charge is -2.19. The van der Waals surface area contributed by atoms with Crippen LogP contribution in [0.4, 0.5) is 5.69 Å². The third-order valence-corrected chi connectivity index (χ3v) is 7.10. The van der Waals surface area contributed by atoms with Crippen molar-refractivity contribution in [1.82, 2.24) is 10.3 Å². The molecule has 1 heterocycles. The van der Waals surface area contributed by atoms with Gasteiger partial charge >= 0.3 is 0 Å². The van der Waals surface area contributed by atoms with Gasteiger partial charge in [-0.15, -0.1) is 11.3 Å². The van der Waals surface area contributed by atoms with E-state index in [1.54, 1.807) is 17.4 Å². The molecule has 0 unspecified atom stereocenters. The zero-order valence-corrected chi connectivity index (χ0v) is 20.8. The highest BCUT2D eigenvalue weighted by atomic mass is 35.5. The number of thiocarbonyl (C=S) groups is 1. The lowest BCUT2D eigenvalue weighted by Crippen LogP contribution is -2.37. The van der Waals surface area contributed by atoms with Crippen LogP contribution in [-0.2, 0) is 4.79 Å². The molecule has 0 saturated carbocycles. The third kappa shape index (κ3) is 5.25. The van der Waals surface area contributed by atoms with E-state index >= 15 is 0 Å². The molecule has 4 aromatic carbocycles. The zero-order chi connectivity index (χ0) is 24.2. The Morgan fingerprint density at radius 1 is 0.857 bits per heavy atom. The van der Waals surface area contributed by atoms with Crippen molar-refractivity contribution in [2.24, 2.45) is 0 Å². The Bertz CT molecular complexity index is 1430. The largest absolute Gasteiger partial charge is 0.332 e. The number of hydrogen-bond donors (Lipinski definition) is 2. The van der Waals surface area contributed by atoms with E-state index in [9.17, 15) is 4.79 Å². The van der Waals surface area contributed by atoms with Crippen LogP contribution in [0.2, 0.25) is 5.02 Å². The number of hydrogen-bond acceptors (Lipinski definition) is 4. The van der Waals surface area contributed by atoms with Gasteiger partial charge in [0, 0.05) is 11.3 Å². The molecule has 0 aliphatic carbocycles. The first-order valence-electron chi connectivity index (χ1n) is 11.0. The Morgan fingerprint density at radius 2 is 1.49 bits per heavy atom. The van der Waals surface area contributed by atoms with Gasteiger partial charge in [-0.25, -0.2) is 4.98 Å². The van der Waals surface area contributed by atoms with Crippen molar-refractivity contribution in [1.29, 1.82) is 0 Å². The smallest absolute Gasteiger partial charge is 0.238 e. The maximum absolute atomic E-state index is 13.3. The molecular formula is C28H20ClN3OS2. The molecule has 1 amide bonds. The number of halogens is 1. The van der Waals surface area contributed by atoms with Gasteiger partial charge in [0.2, 0.25) is 5.91 Å². The summed E-state index contributed by atoms with van der Waals surface area (Å²) in [5, 5.41) is 7.52. The minimum atomic E-state index is -0.484. The highest BCUT2D eigenvalue weighted by Gasteiger charge is 2.23. The zero-order valence-electron chi connectivity index (χ0n) is 18.4. The number of fused-ring (bicyclic) bond motifs is 1. The second-order valence-corrected chi connectivity index (χ2v) is 9.73. The summed E-state index contributed by atoms with van der Waals surface area (Å²) in [6.07, 6.45) is 0. The first kappa shape index (κ1) is 23.2. The van der Waals surface area contributed by atoms with Crippen molar-refractivity contribution in [2.75, 3.05) is 5.32 Å². The molecule has 0 aliphatic rings. The number of para-hydroxylation sites is 1. The van der Waals surface area contributed by atoms with E-state index in [0.717, 1.165) is 31.9 Å². The summed E-state index contributed by atoms with van der Waals surface area (Å²) in [5.41, 5.74) is 4.26. The number of rotatable bonds is 5. The summed E-state index contributed by atoms with van der Waals surface area (Å²) in [6, 6.07) is 32.8. The number of nitrogens with one attached hydrogen (secondary N) is 2. The van der Waals surface area contributed by atoms with Crippen molar-refractivity contribution in [3.05, 3.63) is 119 Å². The van der Waals surface area contributed by atoms with E-state index < -0.39 is 5.92 Å². The second kappa shape index (κ2) is 10.4. The Balaban J connectivity index is 1.32. The van der Waals surface area contributed by atoms with E-state index in [2.05, 4.69) is 15.6 Å². The number of aromatic nitrogens is 1. The molecule has 1 aromatic heterocycles. The maximum atomic E-state index is 13.3. The lowest BCUT2D eigenvalue weighted by atomic mass is 9.90. The Morgan fingerprint density at radius 3 is 2.11 bits per heavy atom. The fraction of sp³-hybridized carbons (Fsp3) is 0.0357. The summed E-state index contributed by atoms with van der Waals surface area (Å²) in [7, 11) is 0. The first-order valence-corrected chi connectivity index (χ1v) is 12.6. The van der Waals surface area contributed by atoms with Gasteiger partial charge in [-0.05, 0) is 53.7 Å². The topological polar surface area (TPSA) is 54.0 Å². The molecule has 0 spiro atoms. The molecule has 0 saturated heterocycles. The molecule has 5 aromatic rings.